The molecule has 2 heterocycles. The van der Waals surface area contributed by atoms with Crippen molar-refractivity contribution < 1.29 is 62.6 Å². The molecular formula is C48H82N16O13S2. The topological polar surface area (TPSA) is 469 Å². The zero-order chi connectivity index (χ0) is 59.2. The average Bonchev–Trinajstić information content (AvgIpc) is 4.12. The SMILES string of the molecule is CSCC[C@H](NC(=O)[C@H](Cc1cnc[nH]1)NC(=O)[C@H](CCCCN)NC(=O)[C@H](CCSC)NC(=O)[C@H](CC(N)=O)NC(=O)[C@@H](NC(=O)[C@H](CCCCN)NC(=O)[C@@H]1CCCN1C(C)=O)[C@@H](C)O)C(=O)N[C@@H](C)C(=O)NCC(N)=O. The second kappa shape index (κ2) is 36.6. The van der Waals surface area contributed by atoms with Crippen molar-refractivity contribution in [2.75, 3.05) is 50.2 Å². The van der Waals surface area contributed by atoms with E-state index in [0.29, 0.717) is 56.5 Å². The van der Waals surface area contributed by atoms with Gasteiger partial charge < -0.3 is 85.8 Å². The first-order valence-electron chi connectivity index (χ1n) is 26.1. The smallest absolute Gasteiger partial charge is 0.245 e. The zero-order valence-electron chi connectivity index (χ0n) is 45.5. The molecule has 1 fully saturated rings. The average molecular weight is 1160 g/mol. The van der Waals surface area contributed by atoms with Crippen molar-refractivity contribution in [3.05, 3.63) is 18.2 Å². The van der Waals surface area contributed by atoms with Crippen LogP contribution in [-0.4, -0.2) is 202 Å². The molecule has 31 heteroatoms. The lowest BCUT2D eigenvalue weighted by Crippen LogP contribution is -2.62. The van der Waals surface area contributed by atoms with Gasteiger partial charge in [0.15, 0.2) is 0 Å². The van der Waals surface area contributed by atoms with Gasteiger partial charge in [0.05, 0.1) is 25.4 Å². The minimum atomic E-state index is -1.78. The number of nitrogens with one attached hydrogen (secondary N) is 10. The standard InChI is InChI=1S/C48H82N16O13S2/c1-26(40(69)54-24-38(52)68)56-41(70)32(14-19-78-4)58-45(74)34(21-29-23-53-25-55-29)61-42(71)30(11-6-8-16-49)57-43(72)33(15-20-79-5)59-46(75)35(22-37(51)67)62-48(77)39(27(2)65)63-44(73)31(12-7-9-17-50)60-47(76)36-13-10-18-64(36)28(3)66/h23,25-27,30-36,39,65H,6-22,24,49-50H2,1-5H3,(H2,51,67)(H2,52,68)(H,53,55)(H,54,69)(H,56,70)(H,57,72)(H,58,74)(H,59,75)(H,60,76)(H,61,71)(H,62,77)(H,63,73)/t26-,27+,30-,31-,32-,33-,34-,35-,36-,39-/m0/s1. The first-order valence-corrected chi connectivity index (χ1v) is 28.8. The molecule has 0 saturated carbocycles. The predicted molar refractivity (Wildman–Crippen MR) is 293 cm³/mol. The number of likely N-dealkylation sites (tertiary alicyclic amines) is 1. The number of aliphatic hydroxyl groups is 1. The highest BCUT2D eigenvalue weighted by molar-refractivity contribution is 7.98. The number of rotatable bonds is 38. The molecule has 0 radical (unpaired) electrons. The molecule has 29 nitrogen and oxygen atoms in total. The monoisotopic (exact) mass is 1150 g/mol. The van der Waals surface area contributed by atoms with Crippen LogP contribution in [0.5, 0.6) is 0 Å². The van der Waals surface area contributed by atoms with E-state index in [0.717, 1.165) is 0 Å². The van der Waals surface area contributed by atoms with Crippen LogP contribution in [-0.2, 0) is 64.0 Å². The number of hydrogen-bond acceptors (Lipinski definition) is 18. The van der Waals surface area contributed by atoms with Crippen LogP contribution in [0.2, 0.25) is 0 Å². The van der Waals surface area contributed by atoms with E-state index in [2.05, 4.69) is 57.8 Å². The van der Waals surface area contributed by atoms with E-state index in [1.54, 1.807) is 12.5 Å². The van der Waals surface area contributed by atoms with E-state index in [1.165, 1.54) is 61.7 Å². The third kappa shape index (κ3) is 25.0. The Labute approximate surface area is 467 Å². The normalized spacial score (nSPS) is 16.4. The first-order chi connectivity index (χ1) is 37.5. The van der Waals surface area contributed by atoms with Crippen molar-refractivity contribution in [3.63, 3.8) is 0 Å². The highest BCUT2D eigenvalue weighted by Gasteiger charge is 2.38. The summed E-state index contributed by atoms with van der Waals surface area (Å²) in [5.41, 5.74) is 22.5. The molecule has 79 heavy (non-hydrogen) atoms. The van der Waals surface area contributed by atoms with Gasteiger partial charge in [-0.1, -0.05) is 0 Å². The molecule has 2 rings (SSSR count). The molecule has 0 bridgehead atoms. The maximum atomic E-state index is 14.3. The van der Waals surface area contributed by atoms with Gasteiger partial charge >= 0.3 is 0 Å². The lowest BCUT2D eigenvalue weighted by molar-refractivity contribution is -0.139. The summed E-state index contributed by atoms with van der Waals surface area (Å²) < 4.78 is 0. The van der Waals surface area contributed by atoms with Crippen molar-refractivity contribution >= 4 is 94.4 Å². The number of H-pyrrole nitrogens is 1. The van der Waals surface area contributed by atoms with Crippen molar-refractivity contribution in [2.45, 2.75) is 158 Å². The molecule has 1 aliphatic rings. The zero-order valence-corrected chi connectivity index (χ0v) is 47.2. The largest absolute Gasteiger partial charge is 0.391 e. The fraction of sp³-hybridized carbons (Fsp3) is 0.688. The molecule has 0 spiro atoms. The van der Waals surface area contributed by atoms with Crippen LogP contribution in [0.1, 0.15) is 97.1 Å². The fourth-order valence-electron chi connectivity index (χ4n) is 8.17. The maximum Gasteiger partial charge on any atom is 0.245 e. The Kier molecular flexibility index (Phi) is 31.7. The molecule has 10 atom stereocenters. The van der Waals surface area contributed by atoms with Gasteiger partial charge in [-0.15, -0.1) is 0 Å². The van der Waals surface area contributed by atoms with E-state index in [9.17, 15) is 62.6 Å². The Balaban J connectivity index is 2.39. The lowest BCUT2D eigenvalue weighted by Gasteiger charge is -2.29. The van der Waals surface area contributed by atoms with Gasteiger partial charge in [0.2, 0.25) is 70.9 Å². The molecule has 444 valence electrons. The van der Waals surface area contributed by atoms with Crippen LogP contribution in [0.15, 0.2) is 12.5 Å². The van der Waals surface area contributed by atoms with Gasteiger partial charge in [0.25, 0.3) is 0 Å². The summed E-state index contributed by atoms with van der Waals surface area (Å²) in [7, 11) is 0. The second-order valence-corrected chi connectivity index (χ2v) is 20.9. The number of hydrogen-bond donors (Lipinski definition) is 15. The lowest BCUT2D eigenvalue weighted by atomic mass is 10.0. The van der Waals surface area contributed by atoms with Gasteiger partial charge in [-0.05, 0) is 115 Å². The summed E-state index contributed by atoms with van der Waals surface area (Å²) >= 11 is 2.68. The third-order valence-electron chi connectivity index (χ3n) is 12.5. The molecule has 1 saturated heterocycles. The number of primary amides is 2. The van der Waals surface area contributed by atoms with E-state index in [4.69, 9.17) is 22.9 Å². The van der Waals surface area contributed by atoms with E-state index in [-0.39, 0.29) is 56.9 Å². The molecule has 19 N–H and O–H groups in total. The molecule has 1 aliphatic heterocycles. The first kappa shape index (κ1) is 68.5. The second-order valence-electron chi connectivity index (χ2n) is 19.0. The summed E-state index contributed by atoms with van der Waals surface area (Å²) in [5, 5.41) is 33.5. The molecule has 0 aliphatic carbocycles. The van der Waals surface area contributed by atoms with Gasteiger partial charge in [0, 0.05) is 31.8 Å². The van der Waals surface area contributed by atoms with Gasteiger partial charge in [-0.2, -0.15) is 23.5 Å². The van der Waals surface area contributed by atoms with Crippen LogP contribution in [0.25, 0.3) is 0 Å². The Bertz CT molecular complexity index is 2210. The highest BCUT2D eigenvalue weighted by Crippen LogP contribution is 2.18. The van der Waals surface area contributed by atoms with Crippen molar-refractivity contribution in [1.29, 1.82) is 0 Å². The number of carbonyl (C=O) groups is 12. The van der Waals surface area contributed by atoms with E-state index >= 15 is 0 Å². The number of nitrogens with zero attached hydrogens (tertiary/aromatic N) is 2. The summed E-state index contributed by atoms with van der Waals surface area (Å²) in [4.78, 5) is 168. The Hall–Kier alpha value is -6.57. The Morgan fingerprint density at radius 2 is 1.13 bits per heavy atom. The number of nitrogens with two attached hydrogens (primary N) is 4. The van der Waals surface area contributed by atoms with Gasteiger partial charge in [0.1, 0.15) is 54.4 Å². The summed E-state index contributed by atoms with van der Waals surface area (Å²) in [6.45, 7) is 4.27. The number of aliphatic hydroxyl groups excluding tert-OH is 1. The number of unbranched alkanes of at least 4 members (excludes halogenated alkanes) is 2. The van der Waals surface area contributed by atoms with Crippen LogP contribution in [0.3, 0.4) is 0 Å². The van der Waals surface area contributed by atoms with Gasteiger partial charge in [-0.25, -0.2) is 4.98 Å². The molecular weight excluding hydrogens is 1070 g/mol. The van der Waals surface area contributed by atoms with E-state index in [1.807, 2.05) is 0 Å². The van der Waals surface area contributed by atoms with Crippen molar-refractivity contribution in [3.8, 4) is 0 Å². The Morgan fingerprint density at radius 1 is 0.646 bits per heavy atom. The third-order valence-corrected chi connectivity index (χ3v) is 13.8. The Morgan fingerprint density at radius 3 is 1.61 bits per heavy atom. The summed E-state index contributed by atoms with van der Waals surface area (Å²) in [6.07, 6.45) is 6.32. The molecule has 1 aromatic heterocycles. The van der Waals surface area contributed by atoms with Crippen molar-refractivity contribution in [1.82, 2.24) is 62.7 Å². The maximum absolute atomic E-state index is 14.3. The molecule has 0 aromatic carbocycles. The number of aromatic amines is 1. The number of amides is 12. The van der Waals surface area contributed by atoms with Crippen molar-refractivity contribution in [2.24, 2.45) is 22.9 Å². The number of thioether (sulfide) groups is 2. The van der Waals surface area contributed by atoms with Crippen LogP contribution in [0, 0.1) is 0 Å². The predicted octanol–water partition coefficient (Wildman–Crippen LogP) is -5.52. The minimum absolute atomic E-state index is 0.00731. The van der Waals surface area contributed by atoms with Crippen LogP contribution in [0.4, 0.5) is 0 Å². The molecule has 0 unspecified atom stereocenters. The highest BCUT2D eigenvalue weighted by atomic mass is 32.2. The fourth-order valence-corrected chi connectivity index (χ4v) is 9.11. The summed E-state index contributed by atoms with van der Waals surface area (Å²) in [6, 6.07) is -12.1. The quantitative estimate of drug-likeness (QED) is 0.0275. The number of carbonyl (C=O) groups excluding carboxylic acids is 12. The van der Waals surface area contributed by atoms with Crippen LogP contribution >= 0.6 is 23.5 Å². The molecule has 12 amide bonds. The van der Waals surface area contributed by atoms with Crippen LogP contribution < -0.4 is 70.8 Å². The minimum Gasteiger partial charge on any atom is -0.391 e. The molecule has 1 aromatic rings. The van der Waals surface area contributed by atoms with E-state index < -0.39 is 138 Å². The van der Waals surface area contributed by atoms with Gasteiger partial charge in [-0.3, -0.25) is 57.5 Å². The summed E-state index contributed by atoms with van der Waals surface area (Å²) in [5.74, 6) is -9.18. The number of aromatic nitrogens is 2. The number of imidazole rings is 1.